The number of rotatable bonds is 24. The van der Waals surface area contributed by atoms with Crippen molar-refractivity contribution < 1.29 is 57.0 Å². The molecule has 0 radical (unpaired) electrons. The number of esters is 3. The van der Waals surface area contributed by atoms with Crippen LogP contribution in [0.25, 0.3) is 21.5 Å². The monoisotopic (exact) mass is 1170 g/mol. The molecule has 438 valence electrons. The molecule has 12 heteroatoms. The third-order valence-electron chi connectivity index (χ3n) is 14.4. The zero-order valence-electron chi connectivity index (χ0n) is 48.2. The highest BCUT2D eigenvalue weighted by molar-refractivity contribution is 6.09. The number of hydrogen-bond donors (Lipinski definition) is 0. The van der Waals surface area contributed by atoms with E-state index < -0.39 is 17.9 Å². The van der Waals surface area contributed by atoms with E-state index in [1.807, 2.05) is 188 Å². The fourth-order valence-electron chi connectivity index (χ4n) is 9.77. The Balaban J connectivity index is 0.857. The van der Waals surface area contributed by atoms with Crippen molar-refractivity contribution in [2.24, 2.45) is 0 Å². The van der Waals surface area contributed by atoms with Crippen molar-refractivity contribution in [1.29, 1.82) is 0 Å². The van der Waals surface area contributed by atoms with Gasteiger partial charge in [-0.05, 0) is 135 Å². The molecule has 12 aromatic rings. The summed E-state index contributed by atoms with van der Waals surface area (Å²) in [5.41, 5.74) is 6.27. The molecule has 0 aromatic heterocycles. The summed E-state index contributed by atoms with van der Waals surface area (Å²) in [7, 11) is 0. The maximum Gasteiger partial charge on any atom is 0.343 e. The standard InChI is InChI=1S/C77H58O12/c78-75(60-32-38-68(81-47-53-19-7-1-8-20-53)71(43-60)84-50-56-25-13-4-14-26-56)87-64-36-37-66-63(42-64)41-59-31-35-65(88-76(79)61-33-39-69(82-48-54-21-9-2-10-22-54)72(44-61)85-51-57-27-15-5-16-28-57)46-67(59)74(66)89-77(80)62-34-40-70(83-49-55-23-11-3-12-24-55)73(45-62)86-52-58-29-17-6-18-30-58/h1-46H,47-52H2. The number of carbonyl (C=O) groups is 3. The Labute approximate surface area is 514 Å². The van der Waals surface area contributed by atoms with Gasteiger partial charge in [0, 0.05) is 10.8 Å². The summed E-state index contributed by atoms with van der Waals surface area (Å²) in [6.07, 6.45) is 0. The Kier molecular flexibility index (Phi) is 18.2. The molecule has 0 spiro atoms. The van der Waals surface area contributed by atoms with Crippen molar-refractivity contribution in [1.82, 2.24) is 0 Å². The maximum absolute atomic E-state index is 14.7. The van der Waals surface area contributed by atoms with Gasteiger partial charge in [0.05, 0.1) is 16.7 Å². The molecule has 0 aliphatic rings. The van der Waals surface area contributed by atoms with Crippen molar-refractivity contribution in [2.45, 2.75) is 39.6 Å². The van der Waals surface area contributed by atoms with E-state index in [0.29, 0.717) is 56.0 Å². The predicted octanol–water partition coefficient (Wildman–Crippen LogP) is 17.1. The molecule has 0 aliphatic heterocycles. The average Bonchev–Trinajstić information content (AvgIpc) is 2.29. The minimum Gasteiger partial charge on any atom is -0.485 e. The highest BCUT2D eigenvalue weighted by Crippen LogP contribution is 2.41. The molecule has 0 bridgehead atoms. The second-order valence-corrected chi connectivity index (χ2v) is 20.8. The van der Waals surface area contributed by atoms with E-state index >= 15 is 0 Å². The van der Waals surface area contributed by atoms with Crippen LogP contribution >= 0.6 is 0 Å². The lowest BCUT2D eigenvalue weighted by atomic mass is 10.0. The summed E-state index contributed by atoms with van der Waals surface area (Å²) < 4.78 is 56.3. The van der Waals surface area contributed by atoms with Crippen molar-refractivity contribution >= 4 is 39.5 Å². The molecule has 12 aromatic carbocycles. The van der Waals surface area contributed by atoms with Crippen molar-refractivity contribution in [3.05, 3.63) is 329 Å². The summed E-state index contributed by atoms with van der Waals surface area (Å²) in [5, 5.41) is 2.11. The largest absolute Gasteiger partial charge is 0.485 e. The van der Waals surface area contributed by atoms with Crippen LogP contribution in [0.1, 0.15) is 64.5 Å². The topological polar surface area (TPSA) is 134 Å². The first-order chi connectivity index (χ1) is 43.8. The predicted molar refractivity (Wildman–Crippen MR) is 340 cm³/mol. The lowest BCUT2D eigenvalue weighted by molar-refractivity contribution is 0.0723. The third-order valence-corrected chi connectivity index (χ3v) is 14.4. The summed E-state index contributed by atoms with van der Waals surface area (Å²) in [6, 6.07) is 85.0. The number of carbonyl (C=O) groups excluding carboxylic acids is 3. The normalized spacial score (nSPS) is 10.9. The minimum atomic E-state index is -0.713. The van der Waals surface area contributed by atoms with Crippen molar-refractivity contribution in [2.75, 3.05) is 0 Å². The van der Waals surface area contributed by atoms with Crippen LogP contribution in [0.5, 0.6) is 51.7 Å². The molecular formula is C77H58O12. The van der Waals surface area contributed by atoms with Gasteiger partial charge in [-0.1, -0.05) is 188 Å². The molecule has 0 saturated carbocycles. The van der Waals surface area contributed by atoms with Gasteiger partial charge < -0.3 is 42.6 Å². The lowest BCUT2D eigenvalue weighted by Gasteiger charge is -2.16. The molecule has 0 atom stereocenters. The van der Waals surface area contributed by atoms with Crippen LogP contribution in [0.2, 0.25) is 0 Å². The quantitative estimate of drug-likeness (QED) is 0.0324. The second kappa shape index (κ2) is 28.0. The van der Waals surface area contributed by atoms with Crippen LogP contribution in [-0.2, 0) is 39.6 Å². The summed E-state index contributed by atoms with van der Waals surface area (Å²) >= 11 is 0. The molecule has 0 saturated heterocycles. The molecular weight excluding hydrogens is 1120 g/mol. The average molecular weight is 1180 g/mol. The van der Waals surface area contributed by atoms with Gasteiger partial charge in [0.15, 0.2) is 34.5 Å². The van der Waals surface area contributed by atoms with Crippen LogP contribution in [0.3, 0.4) is 0 Å². The highest BCUT2D eigenvalue weighted by atomic mass is 16.6. The van der Waals surface area contributed by atoms with E-state index in [9.17, 15) is 14.4 Å². The molecule has 0 heterocycles. The molecule has 12 rings (SSSR count). The molecule has 0 aliphatic carbocycles. The van der Waals surface area contributed by atoms with E-state index in [0.717, 1.165) is 33.4 Å². The minimum absolute atomic E-state index is 0.150. The number of ether oxygens (including phenoxy) is 9. The maximum atomic E-state index is 14.7. The first-order valence-corrected chi connectivity index (χ1v) is 28.9. The van der Waals surface area contributed by atoms with E-state index in [-0.39, 0.29) is 73.6 Å². The van der Waals surface area contributed by atoms with Crippen LogP contribution in [0.15, 0.2) is 279 Å². The van der Waals surface area contributed by atoms with E-state index in [1.54, 1.807) is 91.0 Å². The Bertz CT molecular complexity index is 4390. The molecule has 0 unspecified atom stereocenters. The zero-order chi connectivity index (χ0) is 60.6. The SMILES string of the molecule is O=C(Oc1ccc2c(OC(=O)c3ccc(OCc4ccccc4)c(OCc4ccccc4)c3)c3cc(OC(=O)c4ccc(OCc5ccccc5)c(OCc5ccccc5)c4)ccc3cc2c1)c1ccc(OCc2ccccc2)c(OCc2ccccc2)c1. The number of hydrogen-bond acceptors (Lipinski definition) is 12. The second-order valence-electron chi connectivity index (χ2n) is 20.8. The van der Waals surface area contributed by atoms with Crippen molar-refractivity contribution in [3.8, 4) is 51.7 Å². The zero-order valence-corrected chi connectivity index (χ0v) is 48.2. The van der Waals surface area contributed by atoms with Crippen LogP contribution in [0.4, 0.5) is 0 Å². The van der Waals surface area contributed by atoms with Gasteiger partial charge in [-0.2, -0.15) is 0 Å². The fourth-order valence-corrected chi connectivity index (χ4v) is 9.77. The molecule has 0 N–H and O–H groups in total. The smallest absolute Gasteiger partial charge is 0.343 e. The third kappa shape index (κ3) is 15.1. The van der Waals surface area contributed by atoms with Crippen molar-refractivity contribution in [3.63, 3.8) is 0 Å². The number of fused-ring (bicyclic) bond motifs is 2. The van der Waals surface area contributed by atoms with Crippen LogP contribution in [-0.4, -0.2) is 17.9 Å². The van der Waals surface area contributed by atoms with Crippen LogP contribution < -0.4 is 42.6 Å². The Morgan fingerprint density at radius 1 is 0.236 bits per heavy atom. The van der Waals surface area contributed by atoms with E-state index in [1.165, 1.54) is 0 Å². The summed E-state index contributed by atoms with van der Waals surface area (Å²) in [5.74, 6) is 0.892. The van der Waals surface area contributed by atoms with Gasteiger partial charge in [0.1, 0.15) is 56.9 Å². The van der Waals surface area contributed by atoms with E-state index in [4.69, 9.17) is 42.6 Å². The van der Waals surface area contributed by atoms with E-state index in [2.05, 4.69) is 0 Å². The fraction of sp³-hybridized carbons (Fsp3) is 0.0779. The van der Waals surface area contributed by atoms with Gasteiger partial charge in [-0.3, -0.25) is 0 Å². The lowest BCUT2D eigenvalue weighted by Crippen LogP contribution is -2.11. The molecule has 12 nitrogen and oxygen atoms in total. The Morgan fingerprint density at radius 3 is 0.888 bits per heavy atom. The Hall–Kier alpha value is -11.6. The van der Waals surface area contributed by atoms with Gasteiger partial charge >= 0.3 is 17.9 Å². The highest BCUT2D eigenvalue weighted by Gasteiger charge is 2.22. The first-order valence-electron chi connectivity index (χ1n) is 28.9. The van der Waals surface area contributed by atoms with Gasteiger partial charge in [0.25, 0.3) is 0 Å². The van der Waals surface area contributed by atoms with Gasteiger partial charge in [0.2, 0.25) is 0 Å². The number of benzene rings is 12. The molecule has 0 fully saturated rings. The van der Waals surface area contributed by atoms with Gasteiger partial charge in [-0.15, -0.1) is 0 Å². The molecule has 0 amide bonds. The molecule has 89 heavy (non-hydrogen) atoms. The summed E-state index contributed by atoms with van der Waals surface area (Å²) in [6.45, 7) is 1.49. The first kappa shape index (κ1) is 57.8. The van der Waals surface area contributed by atoms with Crippen LogP contribution in [0, 0.1) is 0 Å². The Morgan fingerprint density at radius 2 is 0.539 bits per heavy atom. The van der Waals surface area contributed by atoms with Gasteiger partial charge in [-0.25, -0.2) is 14.4 Å². The summed E-state index contributed by atoms with van der Waals surface area (Å²) in [4.78, 5) is 43.1.